The number of sulfonamides is 1. The first-order chi connectivity index (χ1) is 9.53. The van der Waals surface area contributed by atoms with Crippen LogP contribution in [0.2, 0.25) is 0 Å². The molecule has 1 aromatic heterocycles. The zero-order chi connectivity index (χ0) is 14.6. The van der Waals surface area contributed by atoms with Crippen molar-refractivity contribution < 1.29 is 18.0 Å². The molecular formula is C12H15N3O4S. The maximum Gasteiger partial charge on any atom is 0.240 e. The van der Waals surface area contributed by atoms with Gasteiger partial charge in [-0.15, -0.1) is 0 Å². The van der Waals surface area contributed by atoms with E-state index >= 15 is 0 Å². The predicted molar refractivity (Wildman–Crippen MR) is 70.3 cm³/mol. The lowest BCUT2D eigenvalue weighted by atomic mass is 10.2. The average Bonchev–Trinajstić information content (AvgIpc) is 2.92. The van der Waals surface area contributed by atoms with E-state index in [2.05, 4.69) is 14.9 Å². The molecule has 8 heteroatoms. The van der Waals surface area contributed by atoms with Crippen molar-refractivity contribution in [3.63, 3.8) is 0 Å². The van der Waals surface area contributed by atoms with Gasteiger partial charge < -0.3 is 9.63 Å². The Balaban J connectivity index is 2.09. The number of aromatic nitrogens is 2. The van der Waals surface area contributed by atoms with E-state index in [1.807, 2.05) is 0 Å². The van der Waals surface area contributed by atoms with Crippen LogP contribution in [0.5, 0.6) is 0 Å². The van der Waals surface area contributed by atoms with Crippen LogP contribution in [0.3, 0.4) is 0 Å². The van der Waals surface area contributed by atoms with Gasteiger partial charge in [-0.2, -0.15) is 4.98 Å². The topological polar surface area (TPSA) is 105 Å². The van der Waals surface area contributed by atoms with Crippen LogP contribution >= 0.6 is 0 Å². The Morgan fingerprint density at radius 3 is 2.85 bits per heavy atom. The monoisotopic (exact) mass is 297 g/mol. The number of rotatable bonds is 6. The van der Waals surface area contributed by atoms with Crippen LogP contribution in [0.15, 0.2) is 33.9 Å². The molecule has 1 heterocycles. The van der Waals surface area contributed by atoms with Gasteiger partial charge >= 0.3 is 0 Å². The minimum Gasteiger partial charge on any atom is -0.392 e. The van der Waals surface area contributed by atoms with Gasteiger partial charge in [0.2, 0.25) is 15.9 Å². The lowest BCUT2D eigenvalue weighted by molar-refractivity contribution is 0.281. The molecule has 20 heavy (non-hydrogen) atoms. The number of nitrogens with one attached hydrogen (secondary N) is 1. The Labute approximate surface area is 116 Å². The van der Waals surface area contributed by atoms with Crippen LogP contribution in [0.1, 0.15) is 17.0 Å². The fourth-order valence-corrected chi connectivity index (χ4v) is 3.03. The highest BCUT2D eigenvalue weighted by Gasteiger charge is 2.17. The van der Waals surface area contributed by atoms with Crippen LogP contribution in [-0.2, 0) is 23.1 Å². The van der Waals surface area contributed by atoms with Crippen LogP contribution < -0.4 is 4.72 Å². The Morgan fingerprint density at radius 2 is 2.20 bits per heavy atom. The van der Waals surface area contributed by atoms with E-state index in [1.165, 1.54) is 12.4 Å². The number of aryl methyl sites for hydroxylation is 1. The fraction of sp³-hybridized carbons (Fsp3) is 0.333. The van der Waals surface area contributed by atoms with E-state index in [0.29, 0.717) is 23.4 Å². The summed E-state index contributed by atoms with van der Waals surface area (Å²) in [6, 6.07) is 4.81. The smallest absolute Gasteiger partial charge is 0.240 e. The van der Waals surface area contributed by atoms with Crippen molar-refractivity contribution in [1.82, 2.24) is 14.9 Å². The fourth-order valence-electron chi connectivity index (χ4n) is 1.71. The molecule has 2 N–H and O–H groups in total. The highest BCUT2D eigenvalue weighted by Crippen LogP contribution is 2.17. The molecule has 0 radical (unpaired) electrons. The molecule has 0 aliphatic rings. The Morgan fingerprint density at radius 1 is 1.40 bits per heavy atom. The van der Waals surface area contributed by atoms with Gasteiger partial charge in [0.1, 0.15) is 0 Å². The Hall–Kier alpha value is -1.77. The molecule has 0 fully saturated rings. The summed E-state index contributed by atoms with van der Waals surface area (Å²) in [5.41, 5.74) is 1.17. The van der Waals surface area contributed by atoms with Crippen molar-refractivity contribution in [3.8, 4) is 0 Å². The second-order valence-electron chi connectivity index (χ2n) is 4.24. The molecule has 0 amide bonds. The first kappa shape index (κ1) is 14.6. The maximum atomic E-state index is 12.2. The number of aliphatic hydroxyl groups excluding tert-OH is 1. The summed E-state index contributed by atoms with van der Waals surface area (Å²) in [6.07, 6.45) is 1.58. The molecule has 1 aromatic carbocycles. The molecule has 0 saturated carbocycles. The van der Waals surface area contributed by atoms with Gasteiger partial charge in [0.15, 0.2) is 6.33 Å². The number of hydrogen-bond donors (Lipinski definition) is 2. The Bertz CT molecular complexity index is 668. The van der Waals surface area contributed by atoms with Crippen molar-refractivity contribution in [3.05, 3.63) is 41.5 Å². The minimum atomic E-state index is -3.63. The van der Waals surface area contributed by atoms with Crippen molar-refractivity contribution in [2.75, 3.05) is 6.54 Å². The molecule has 0 spiro atoms. The van der Waals surface area contributed by atoms with E-state index in [-0.39, 0.29) is 18.0 Å². The van der Waals surface area contributed by atoms with Gasteiger partial charge in [-0.3, -0.25) is 0 Å². The second-order valence-corrected chi connectivity index (χ2v) is 5.98. The van der Waals surface area contributed by atoms with Crippen LogP contribution in [0, 0.1) is 6.92 Å². The number of nitrogens with zero attached hydrogens (tertiary/aromatic N) is 2. The zero-order valence-electron chi connectivity index (χ0n) is 10.9. The van der Waals surface area contributed by atoms with Crippen molar-refractivity contribution in [2.24, 2.45) is 0 Å². The summed E-state index contributed by atoms with van der Waals surface area (Å²) < 4.78 is 31.6. The molecule has 0 saturated heterocycles. The minimum absolute atomic E-state index is 0.160. The van der Waals surface area contributed by atoms with Crippen molar-refractivity contribution in [1.29, 1.82) is 0 Å². The number of benzene rings is 1. The first-order valence-electron chi connectivity index (χ1n) is 5.98. The van der Waals surface area contributed by atoms with E-state index in [4.69, 9.17) is 9.63 Å². The maximum absolute atomic E-state index is 12.2. The molecule has 0 aliphatic heterocycles. The van der Waals surface area contributed by atoms with Gasteiger partial charge in [-0.1, -0.05) is 17.3 Å². The summed E-state index contributed by atoms with van der Waals surface area (Å²) in [5.74, 6) is 0.369. The highest BCUT2D eigenvalue weighted by atomic mass is 32.2. The van der Waals surface area contributed by atoms with Gasteiger partial charge in [0.05, 0.1) is 11.5 Å². The third kappa shape index (κ3) is 3.41. The van der Waals surface area contributed by atoms with Gasteiger partial charge in [0.25, 0.3) is 0 Å². The molecule has 0 bridgehead atoms. The van der Waals surface area contributed by atoms with Crippen molar-refractivity contribution >= 4 is 10.0 Å². The van der Waals surface area contributed by atoms with E-state index in [9.17, 15) is 8.42 Å². The summed E-state index contributed by atoms with van der Waals surface area (Å²) in [7, 11) is -3.63. The standard InChI is InChI=1S/C12H15N3O4S/c1-9-2-3-10(7-16)6-11(9)20(17,18)15-5-4-12-13-8-14-19-12/h2-3,6,8,15-16H,4-5,7H2,1H3. The SMILES string of the molecule is Cc1ccc(CO)cc1S(=O)(=O)NCCc1ncno1. The molecular weight excluding hydrogens is 282 g/mol. The first-order valence-corrected chi connectivity index (χ1v) is 7.47. The van der Waals surface area contributed by atoms with Crippen molar-refractivity contribution in [2.45, 2.75) is 24.8 Å². The third-order valence-corrected chi connectivity index (χ3v) is 4.37. The predicted octanol–water partition coefficient (Wildman–Crippen LogP) is 0.391. The van der Waals surface area contributed by atoms with Gasteiger partial charge in [-0.05, 0) is 24.1 Å². The largest absolute Gasteiger partial charge is 0.392 e. The number of hydrogen-bond acceptors (Lipinski definition) is 6. The lowest BCUT2D eigenvalue weighted by Gasteiger charge is -2.09. The quantitative estimate of drug-likeness (QED) is 0.799. The summed E-state index contributed by atoms with van der Waals surface area (Å²) in [4.78, 5) is 3.97. The molecule has 7 nitrogen and oxygen atoms in total. The molecule has 0 unspecified atom stereocenters. The molecule has 0 atom stereocenters. The third-order valence-electron chi connectivity index (χ3n) is 2.76. The summed E-state index contributed by atoms with van der Waals surface area (Å²) in [6.45, 7) is 1.66. The highest BCUT2D eigenvalue weighted by molar-refractivity contribution is 7.89. The summed E-state index contributed by atoms with van der Waals surface area (Å²) in [5, 5.41) is 12.5. The normalized spacial score (nSPS) is 11.7. The van der Waals surface area contributed by atoms with Crippen LogP contribution in [0.25, 0.3) is 0 Å². The Kier molecular flexibility index (Phi) is 4.48. The van der Waals surface area contributed by atoms with E-state index in [1.54, 1.807) is 19.1 Å². The molecule has 0 aliphatic carbocycles. The lowest BCUT2D eigenvalue weighted by Crippen LogP contribution is -2.26. The van der Waals surface area contributed by atoms with E-state index < -0.39 is 10.0 Å². The van der Waals surface area contributed by atoms with Crippen LogP contribution in [0.4, 0.5) is 0 Å². The van der Waals surface area contributed by atoms with Gasteiger partial charge in [-0.25, -0.2) is 13.1 Å². The molecule has 2 aromatic rings. The number of aliphatic hydroxyl groups is 1. The van der Waals surface area contributed by atoms with Crippen LogP contribution in [-0.4, -0.2) is 30.2 Å². The second kappa shape index (κ2) is 6.12. The molecule has 108 valence electrons. The van der Waals surface area contributed by atoms with Gasteiger partial charge in [0, 0.05) is 13.0 Å². The summed E-state index contributed by atoms with van der Waals surface area (Å²) >= 11 is 0. The molecule has 2 rings (SSSR count). The zero-order valence-corrected chi connectivity index (χ0v) is 11.7. The average molecular weight is 297 g/mol. The van der Waals surface area contributed by atoms with E-state index in [0.717, 1.165) is 0 Å².